The molecule has 1 atom stereocenters. The second-order valence-electron chi connectivity index (χ2n) is 7.13. The van der Waals surface area contributed by atoms with Crippen LogP contribution in [0.4, 0.5) is 11.4 Å². The number of anilines is 2. The van der Waals surface area contributed by atoms with Gasteiger partial charge in [0.2, 0.25) is 0 Å². The van der Waals surface area contributed by atoms with Crippen molar-refractivity contribution < 1.29 is 9.47 Å². The van der Waals surface area contributed by atoms with E-state index >= 15 is 0 Å². The molecule has 0 aromatic heterocycles. The van der Waals surface area contributed by atoms with Crippen LogP contribution in [0.2, 0.25) is 0 Å². The fraction of sp³-hybridized carbons (Fsp3) is 0.455. The zero-order valence-electron chi connectivity index (χ0n) is 15.2. The van der Waals surface area contributed by atoms with Crippen LogP contribution in [0.5, 0.6) is 5.75 Å². The second kappa shape index (κ2) is 7.09. The van der Waals surface area contributed by atoms with E-state index in [1.54, 1.807) is 0 Å². The average molecular weight is 337 g/mol. The Morgan fingerprint density at radius 1 is 1.16 bits per heavy atom. The first kappa shape index (κ1) is 16.5. The monoisotopic (exact) mass is 337 g/mol. The summed E-state index contributed by atoms with van der Waals surface area (Å²) < 4.78 is 11.7. The molecule has 3 heteroatoms. The van der Waals surface area contributed by atoms with E-state index in [9.17, 15) is 0 Å². The Morgan fingerprint density at radius 3 is 2.84 bits per heavy atom. The SMILES string of the molecule is CCOc1cccc(N2CCOC(C)Cc3ccc(C4CC4)cc32)c1. The number of hydrogen-bond donors (Lipinski definition) is 0. The molecule has 0 radical (unpaired) electrons. The summed E-state index contributed by atoms with van der Waals surface area (Å²) >= 11 is 0. The van der Waals surface area contributed by atoms with Gasteiger partial charge in [-0.3, -0.25) is 0 Å². The van der Waals surface area contributed by atoms with Crippen molar-refractivity contribution in [3.63, 3.8) is 0 Å². The van der Waals surface area contributed by atoms with Crippen LogP contribution in [-0.2, 0) is 11.2 Å². The summed E-state index contributed by atoms with van der Waals surface area (Å²) in [7, 11) is 0. The molecule has 0 bridgehead atoms. The lowest BCUT2D eigenvalue weighted by Crippen LogP contribution is -2.29. The third-order valence-electron chi connectivity index (χ3n) is 5.11. The van der Waals surface area contributed by atoms with Crippen molar-refractivity contribution in [3.05, 3.63) is 53.6 Å². The third kappa shape index (κ3) is 3.67. The number of nitrogens with zero attached hydrogens (tertiary/aromatic N) is 1. The predicted octanol–water partition coefficient (Wildman–Crippen LogP) is 5.06. The normalized spacial score (nSPS) is 20.6. The minimum absolute atomic E-state index is 0.266. The van der Waals surface area contributed by atoms with Gasteiger partial charge in [0.1, 0.15) is 5.75 Å². The van der Waals surface area contributed by atoms with Crippen molar-refractivity contribution in [2.24, 2.45) is 0 Å². The maximum absolute atomic E-state index is 5.99. The summed E-state index contributed by atoms with van der Waals surface area (Å²) in [5, 5.41) is 0. The molecule has 0 N–H and O–H groups in total. The zero-order chi connectivity index (χ0) is 17.2. The highest BCUT2D eigenvalue weighted by atomic mass is 16.5. The lowest BCUT2D eigenvalue weighted by molar-refractivity contribution is 0.0703. The van der Waals surface area contributed by atoms with Gasteiger partial charge in [0.25, 0.3) is 0 Å². The van der Waals surface area contributed by atoms with Crippen LogP contribution in [0.25, 0.3) is 0 Å². The first-order valence-electron chi connectivity index (χ1n) is 9.49. The smallest absolute Gasteiger partial charge is 0.121 e. The van der Waals surface area contributed by atoms with E-state index in [1.807, 2.05) is 13.0 Å². The first-order chi connectivity index (χ1) is 12.2. The summed E-state index contributed by atoms with van der Waals surface area (Å²) in [5.41, 5.74) is 5.38. The molecule has 1 fully saturated rings. The van der Waals surface area contributed by atoms with Gasteiger partial charge >= 0.3 is 0 Å². The van der Waals surface area contributed by atoms with Gasteiger partial charge in [-0.15, -0.1) is 0 Å². The van der Waals surface area contributed by atoms with Crippen molar-refractivity contribution in [1.82, 2.24) is 0 Å². The van der Waals surface area contributed by atoms with Gasteiger partial charge in [-0.1, -0.05) is 18.2 Å². The minimum atomic E-state index is 0.266. The Hall–Kier alpha value is -2.00. The van der Waals surface area contributed by atoms with Crippen LogP contribution >= 0.6 is 0 Å². The van der Waals surface area contributed by atoms with E-state index in [4.69, 9.17) is 9.47 Å². The highest BCUT2D eigenvalue weighted by molar-refractivity contribution is 5.69. The van der Waals surface area contributed by atoms with Crippen LogP contribution in [0, 0.1) is 0 Å². The molecule has 1 saturated carbocycles. The van der Waals surface area contributed by atoms with Crippen molar-refractivity contribution in [2.75, 3.05) is 24.7 Å². The van der Waals surface area contributed by atoms with Gasteiger partial charge in [-0.05, 0) is 61.9 Å². The van der Waals surface area contributed by atoms with Crippen molar-refractivity contribution in [3.8, 4) is 5.75 Å². The first-order valence-corrected chi connectivity index (χ1v) is 9.49. The van der Waals surface area contributed by atoms with Crippen LogP contribution < -0.4 is 9.64 Å². The molecule has 2 aromatic carbocycles. The molecule has 0 spiro atoms. The summed E-state index contributed by atoms with van der Waals surface area (Å²) in [4.78, 5) is 2.40. The van der Waals surface area contributed by atoms with E-state index in [1.165, 1.54) is 35.3 Å². The predicted molar refractivity (Wildman–Crippen MR) is 102 cm³/mol. The van der Waals surface area contributed by atoms with Gasteiger partial charge in [0.15, 0.2) is 0 Å². The molecule has 132 valence electrons. The summed E-state index contributed by atoms with van der Waals surface area (Å²) in [6.45, 7) is 6.49. The topological polar surface area (TPSA) is 21.7 Å². The van der Waals surface area contributed by atoms with Gasteiger partial charge in [0, 0.05) is 30.4 Å². The Balaban J connectivity index is 1.75. The lowest BCUT2D eigenvalue weighted by atomic mass is 9.99. The molecule has 25 heavy (non-hydrogen) atoms. The molecule has 1 aliphatic heterocycles. The summed E-state index contributed by atoms with van der Waals surface area (Å²) in [6.07, 6.45) is 3.89. The van der Waals surface area contributed by atoms with Crippen LogP contribution in [-0.4, -0.2) is 25.9 Å². The van der Waals surface area contributed by atoms with Gasteiger partial charge < -0.3 is 14.4 Å². The van der Waals surface area contributed by atoms with E-state index in [0.29, 0.717) is 6.61 Å². The highest BCUT2D eigenvalue weighted by Gasteiger charge is 2.26. The molecule has 4 rings (SSSR count). The molecule has 3 nitrogen and oxygen atoms in total. The fourth-order valence-electron chi connectivity index (χ4n) is 3.69. The van der Waals surface area contributed by atoms with E-state index in [-0.39, 0.29) is 6.10 Å². The maximum Gasteiger partial charge on any atom is 0.121 e. The second-order valence-corrected chi connectivity index (χ2v) is 7.13. The quantitative estimate of drug-likeness (QED) is 0.778. The Labute approximate surface area is 150 Å². The van der Waals surface area contributed by atoms with Crippen LogP contribution in [0.3, 0.4) is 0 Å². The van der Waals surface area contributed by atoms with E-state index < -0.39 is 0 Å². The van der Waals surface area contributed by atoms with Gasteiger partial charge in [-0.25, -0.2) is 0 Å². The van der Waals surface area contributed by atoms with Gasteiger partial charge in [0.05, 0.1) is 19.3 Å². The molecule has 1 heterocycles. The molecule has 0 saturated heterocycles. The summed E-state index contributed by atoms with van der Waals surface area (Å²) in [6, 6.07) is 15.5. The van der Waals surface area contributed by atoms with E-state index in [2.05, 4.69) is 48.2 Å². The Morgan fingerprint density at radius 2 is 2.04 bits per heavy atom. The molecular formula is C22H27NO2. The minimum Gasteiger partial charge on any atom is -0.494 e. The molecule has 0 amide bonds. The molecule has 2 aromatic rings. The molecule has 1 aliphatic carbocycles. The number of rotatable bonds is 4. The highest BCUT2D eigenvalue weighted by Crippen LogP contribution is 2.43. The molecule has 2 aliphatic rings. The lowest BCUT2D eigenvalue weighted by Gasteiger charge is -2.32. The Kier molecular flexibility index (Phi) is 4.67. The van der Waals surface area contributed by atoms with Crippen molar-refractivity contribution in [1.29, 1.82) is 0 Å². The fourth-order valence-corrected chi connectivity index (χ4v) is 3.69. The van der Waals surface area contributed by atoms with Crippen molar-refractivity contribution >= 4 is 11.4 Å². The van der Waals surface area contributed by atoms with Crippen LogP contribution in [0.1, 0.15) is 43.7 Å². The standard InChI is InChI=1S/C22H27NO2/c1-3-24-21-6-4-5-20(15-21)23-11-12-25-16(2)13-19-10-9-18(14-22(19)23)17-7-8-17/h4-6,9-10,14-17H,3,7-8,11-13H2,1-2H3. The largest absolute Gasteiger partial charge is 0.494 e. The third-order valence-corrected chi connectivity index (χ3v) is 5.11. The number of fused-ring (bicyclic) bond motifs is 1. The average Bonchev–Trinajstić information content (AvgIpc) is 3.43. The number of ether oxygens (including phenoxy) is 2. The van der Waals surface area contributed by atoms with E-state index in [0.717, 1.165) is 31.2 Å². The maximum atomic E-state index is 5.99. The summed E-state index contributed by atoms with van der Waals surface area (Å²) in [5.74, 6) is 1.69. The number of hydrogen-bond acceptors (Lipinski definition) is 3. The molecule has 1 unspecified atom stereocenters. The molecular weight excluding hydrogens is 310 g/mol. The van der Waals surface area contributed by atoms with Crippen molar-refractivity contribution in [2.45, 2.75) is 45.1 Å². The number of benzene rings is 2. The van der Waals surface area contributed by atoms with Crippen LogP contribution in [0.15, 0.2) is 42.5 Å². The Bertz CT molecular complexity index is 739. The van der Waals surface area contributed by atoms with Gasteiger partial charge in [-0.2, -0.15) is 0 Å². The zero-order valence-corrected chi connectivity index (χ0v) is 15.2.